The number of aryl methyl sites for hydroxylation is 1. The number of ether oxygens (including phenoxy) is 2. The highest BCUT2D eigenvalue weighted by Crippen LogP contribution is 2.30. The second kappa shape index (κ2) is 10.5. The summed E-state index contributed by atoms with van der Waals surface area (Å²) >= 11 is 0. The Morgan fingerprint density at radius 3 is 2.66 bits per heavy atom. The molecule has 2 aliphatic rings. The number of rotatable bonds is 5. The smallest absolute Gasteiger partial charge is 0.417 e. The van der Waals surface area contributed by atoms with Crippen molar-refractivity contribution in [1.82, 2.24) is 14.5 Å². The number of alkyl halides is 4. The van der Waals surface area contributed by atoms with E-state index < -0.39 is 41.2 Å². The third-order valence-electron chi connectivity index (χ3n) is 6.48. The number of nitrogens with two attached hydrogens (primary N) is 1. The Balaban J connectivity index is 1.42. The van der Waals surface area contributed by atoms with Crippen LogP contribution in [0.15, 0.2) is 29.3 Å². The highest BCUT2D eigenvalue weighted by Gasteiger charge is 2.36. The van der Waals surface area contributed by atoms with Crippen LogP contribution in [-0.2, 0) is 22.7 Å². The molecule has 15 heteroatoms. The number of carbonyl (C=O) groups is 1. The quantitative estimate of drug-likeness (QED) is 0.300. The molecule has 206 valence electrons. The summed E-state index contributed by atoms with van der Waals surface area (Å²) in [5, 5.41) is 10.3. The Labute approximate surface area is 214 Å². The zero-order valence-corrected chi connectivity index (χ0v) is 20.6. The van der Waals surface area contributed by atoms with Crippen LogP contribution >= 0.6 is 0 Å². The van der Waals surface area contributed by atoms with E-state index in [1.165, 1.54) is 13.2 Å². The topological polar surface area (TPSA) is 139 Å². The molecule has 4 rings (SSSR count). The highest BCUT2D eigenvalue weighted by molar-refractivity contribution is 5.97. The Hall–Kier alpha value is -3.88. The van der Waals surface area contributed by atoms with Crippen molar-refractivity contribution in [2.45, 2.75) is 30.9 Å². The third-order valence-corrected chi connectivity index (χ3v) is 6.48. The van der Waals surface area contributed by atoms with E-state index in [1.807, 2.05) is 0 Å². The van der Waals surface area contributed by atoms with Crippen molar-refractivity contribution in [3.63, 3.8) is 0 Å². The summed E-state index contributed by atoms with van der Waals surface area (Å²) in [4.78, 5) is 31.8. The average Bonchev–Trinajstić information content (AvgIpc) is 2.83. The predicted octanol–water partition coefficient (Wildman–Crippen LogP) is 2.20. The zero-order valence-electron chi connectivity index (χ0n) is 20.6. The number of hydrogen-bond acceptors (Lipinski definition) is 8. The second-order valence-electron chi connectivity index (χ2n) is 9.15. The Morgan fingerprint density at radius 1 is 1.34 bits per heavy atom. The number of nitrogens with zero attached hydrogens (tertiary/aromatic N) is 4. The van der Waals surface area contributed by atoms with Crippen LogP contribution in [0.1, 0.15) is 17.5 Å². The van der Waals surface area contributed by atoms with E-state index in [-0.39, 0.29) is 36.3 Å². The van der Waals surface area contributed by atoms with Gasteiger partial charge in [0.15, 0.2) is 0 Å². The summed E-state index contributed by atoms with van der Waals surface area (Å²) in [6.45, 7) is 0.929. The molecule has 11 nitrogen and oxygen atoms in total. The lowest BCUT2D eigenvalue weighted by atomic mass is 10.0. The number of nitrogens with one attached hydrogen (secondary N) is 2. The highest BCUT2D eigenvalue weighted by atomic mass is 19.4. The van der Waals surface area contributed by atoms with Crippen molar-refractivity contribution in [2.24, 2.45) is 7.05 Å². The number of hydrogen-bond donors (Lipinski definition) is 3. The van der Waals surface area contributed by atoms with Gasteiger partial charge in [-0.05, 0) is 18.6 Å². The monoisotopic (exact) mass is 541 g/mol. The van der Waals surface area contributed by atoms with Crippen LogP contribution in [0, 0.1) is 5.41 Å². The van der Waals surface area contributed by atoms with E-state index in [4.69, 9.17) is 20.6 Å². The van der Waals surface area contributed by atoms with Crippen molar-refractivity contribution in [2.75, 3.05) is 49.3 Å². The number of aromatic nitrogens is 2. The van der Waals surface area contributed by atoms with Crippen LogP contribution in [0.5, 0.6) is 0 Å². The van der Waals surface area contributed by atoms with Gasteiger partial charge < -0.3 is 34.9 Å². The van der Waals surface area contributed by atoms with E-state index in [0.717, 1.165) is 11.9 Å². The van der Waals surface area contributed by atoms with E-state index in [0.29, 0.717) is 42.3 Å². The van der Waals surface area contributed by atoms with Crippen LogP contribution in [-0.4, -0.2) is 78.0 Å². The minimum atomic E-state index is -4.72. The standard InChI is InChI=1S/C23H27F4N7O4/c1-32-8-12(23(25,26)27)5-17(21(32)35)31-22(36)33(2)18-3-4-34(9-16(18)24)13-6-15(19(28)30-7-13)20(29)38-14-10-37-11-14/h5-8,14,16,18,29H,3-4,9-11H2,1-2H3,(H2,28,30)(H,31,36). The van der Waals surface area contributed by atoms with Gasteiger partial charge in [0.25, 0.3) is 5.56 Å². The fourth-order valence-electron chi connectivity index (χ4n) is 4.20. The van der Waals surface area contributed by atoms with Gasteiger partial charge in [0.1, 0.15) is 23.8 Å². The summed E-state index contributed by atoms with van der Waals surface area (Å²) in [6, 6.07) is 0.318. The molecule has 0 spiro atoms. The number of nitrogen functional groups attached to an aromatic ring is 1. The van der Waals surface area contributed by atoms with E-state index in [2.05, 4.69) is 10.3 Å². The number of pyridine rings is 2. The van der Waals surface area contributed by atoms with Gasteiger partial charge in [-0.1, -0.05) is 0 Å². The van der Waals surface area contributed by atoms with Gasteiger partial charge in [-0.3, -0.25) is 10.2 Å². The first kappa shape index (κ1) is 27.2. The maximum atomic E-state index is 15.3. The number of amides is 2. The van der Waals surface area contributed by atoms with Gasteiger partial charge in [0, 0.05) is 26.8 Å². The number of carbonyl (C=O) groups excluding carboxylic acids is 1. The first-order valence-electron chi connectivity index (χ1n) is 11.6. The predicted molar refractivity (Wildman–Crippen MR) is 130 cm³/mol. The first-order chi connectivity index (χ1) is 17.8. The fourth-order valence-corrected chi connectivity index (χ4v) is 4.20. The molecule has 2 aromatic heterocycles. The maximum Gasteiger partial charge on any atom is 0.417 e. The second-order valence-corrected chi connectivity index (χ2v) is 9.15. The molecule has 2 aliphatic heterocycles. The number of anilines is 3. The molecule has 2 saturated heterocycles. The zero-order chi connectivity index (χ0) is 27.8. The van der Waals surface area contributed by atoms with Crippen LogP contribution in [0.4, 0.5) is 39.5 Å². The van der Waals surface area contributed by atoms with E-state index in [1.54, 1.807) is 11.0 Å². The molecule has 4 N–H and O–H groups in total. The Bertz CT molecular complexity index is 1280. The van der Waals surface area contributed by atoms with Crippen LogP contribution in [0.25, 0.3) is 0 Å². The third kappa shape index (κ3) is 5.66. The van der Waals surface area contributed by atoms with Gasteiger partial charge in [-0.25, -0.2) is 14.2 Å². The van der Waals surface area contributed by atoms with Gasteiger partial charge in [0.05, 0.1) is 48.8 Å². The minimum Gasteiger partial charge on any atom is -0.469 e. The molecule has 0 bridgehead atoms. The van der Waals surface area contributed by atoms with Crippen LogP contribution in [0.3, 0.4) is 0 Å². The molecule has 38 heavy (non-hydrogen) atoms. The fraction of sp³-hybridized carbons (Fsp3) is 0.478. The molecule has 0 saturated carbocycles. The van der Waals surface area contributed by atoms with Crippen molar-refractivity contribution >= 4 is 29.1 Å². The van der Waals surface area contributed by atoms with Crippen molar-refractivity contribution in [3.8, 4) is 0 Å². The molecular formula is C23H27F4N7O4. The van der Waals surface area contributed by atoms with Crippen LogP contribution < -0.4 is 21.5 Å². The average molecular weight is 542 g/mol. The van der Waals surface area contributed by atoms with E-state index in [9.17, 15) is 22.8 Å². The van der Waals surface area contributed by atoms with Gasteiger partial charge in [-0.15, -0.1) is 0 Å². The van der Waals surface area contributed by atoms with E-state index >= 15 is 4.39 Å². The SMILES string of the molecule is CN(C(=O)Nc1cc(C(F)(F)F)cn(C)c1=O)C1CCN(c2cnc(N)c(C(=N)OC3COC3)c2)CC1F. The lowest BCUT2D eigenvalue weighted by molar-refractivity contribution is -0.138. The van der Waals surface area contributed by atoms with Gasteiger partial charge in [-0.2, -0.15) is 13.2 Å². The Kier molecular flexibility index (Phi) is 7.49. The van der Waals surface area contributed by atoms with Crippen molar-refractivity contribution in [3.05, 3.63) is 46.0 Å². The molecule has 2 fully saturated rings. The van der Waals surface area contributed by atoms with Gasteiger partial charge in [0.2, 0.25) is 5.90 Å². The minimum absolute atomic E-state index is 0.0859. The first-order valence-corrected chi connectivity index (χ1v) is 11.6. The summed E-state index contributed by atoms with van der Waals surface area (Å²) in [7, 11) is 2.45. The summed E-state index contributed by atoms with van der Waals surface area (Å²) in [6.07, 6.45) is -4.24. The van der Waals surface area contributed by atoms with Crippen molar-refractivity contribution in [1.29, 1.82) is 5.41 Å². The molecule has 2 aromatic rings. The molecule has 0 radical (unpaired) electrons. The number of halogens is 4. The van der Waals surface area contributed by atoms with Gasteiger partial charge >= 0.3 is 12.2 Å². The normalized spacial score (nSPS) is 20.0. The summed E-state index contributed by atoms with van der Waals surface area (Å²) < 4.78 is 65.9. The molecular weight excluding hydrogens is 514 g/mol. The summed E-state index contributed by atoms with van der Waals surface area (Å²) in [5.41, 5.74) is 4.16. The largest absolute Gasteiger partial charge is 0.469 e. The number of piperidine rings is 1. The van der Waals surface area contributed by atoms with Crippen molar-refractivity contribution < 1.29 is 31.8 Å². The molecule has 2 unspecified atom stereocenters. The molecule has 4 heterocycles. The number of urea groups is 1. The molecule has 0 aliphatic carbocycles. The molecule has 2 amide bonds. The maximum absolute atomic E-state index is 15.3. The lowest BCUT2D eigenvalue weighted by Gasteiger charge is -2.40. The molecule has 0 aromatic carbocycles. The Morgan fingerprint density at radius 2 is 2.05 bits per heavy atom. The summed E-state index contributed by atoms with van der Waals surface area (Å²) in [5.74, 6) is -0.0863. The lowest BCUT2D eigenvalue weighted by Crippen LogP contribution is -2.54. The molecule has 2 atom stereocenters. The van der Waals surface area contributed by atoms with Crippen LogP contribution in [0.2, 0.25) is 0 Å².